The quantitative estimate of drug-likeness (QED) is 0.332. The number of hydrogen-bond donors (Lipinski definition) is 1. The zero-order valence-electron chi connectivity index (χ0n) is 16.0. The molecule has 0 saturated carbocycles. The predicted octanol–water partition coefficient (Wildman–Crippen LogP) is 2.55. The predicted molar refractivity (Wildman–Crippen MR) is 107 cm³/mol. The number of nitrogens with one attached hydrogen (secondary N) is 1. The highest BCUT2D eigenvalue weighted by Gasteiger charge is 2.19. The van der Waals surface area contributed by atoms with Gasteiger partial charge in [-0.2, -0.15) is 0 Å². The molecule has 1 N–H and O–H groups in total. The number of benzene rings is 1. The van der Waals surface area contributed by atoms with Crippen molar-refractivity contribution in [1.82, 2.24) is 14.9 Å². The van der Waals surface area contributed by atoms with Gasteiger partial charge in [-0.05, 0) is 43.3 Å². The van der Waals surface area contributed by atoms with Crippen LogP contribution in [-0.4, -0.2) is 33.8 Å². The number of carbonyl (C=O) groups is 2. The van der Waals surface area contributed by atoms with E-state index in [4.69, 9.17) is 9.15 Å². The number of ether oxygens (including phenoxy) is 1. The van der Waals surface area contributed by atoms with Crippen molar-refractivity contribution in [3.63, 3.8) is 0 Å². The Labute approximate surface area is 175 Å². The number of aromatic nitrogens is 2. The van der Waals surface area contributed by atoms with Gasteiger partial charge in [0.1, 0.15) is 17.1 Å². The molecule has 0 radical (unpaired) electrons. The number of amides is 1. The number of thioether (sulfide) groups is 1. The van der Waals surface area contributed by atoms with Crippen LogP contribution in [0, 0.1) is 5.82 Å². The SMILES string of the molecule is CCOC(=O)c1cnc(SCC(=O)NCc2ccco2)n(-c2ccc(F)cc2)c1=O. The van der Waals surface area contributed by atoms with Crippen LogP contribution < -0.4 is 10.9 Å². The summed E-state index contributed by atoms with van der Waals surface area (Å²) in [7, 11) is 0. The molecule has 0 unspecified atom stereocenters. The summed E-state index contributed by atoms with van der Waals surface area (Å²) in [6.07, 6.45) is 2.62. The number of halogens is 1. The van der Waals surface area contributed by atoms with E-state index < -0.39 is 17.3 Å². The van der Waals surface area contributed by atoms with E-state index in [2.05, 4.69) is 10.3 Å². The van der Waals surface area contributed by atoms with Gasteiger partial charge in [-0.15, -0.1) is 0 Å². The van der Waals surface area contributed by atoms with Gasteiger partial charge < -0.3 is 14.5 Å². The summed E-state index contributed by atoms with van der Waals surface area (Å²) in [6.45, 7) is 1.95. The van der Waals surface area contributed by atoms with Gasteiger partial charge in [-0.25, -0.2) is 14.2 Å². The largest absolute Gasteiger partial charge is 0.467 e. The van der Waals surface area contributed by atoms with Crippen LogP contribution in [0.2, 0.25) is 0 Å². The first-order chi connectivity index (χ1) is 14.5. The second-order valence-electron chi connectivity index (χ2n) is 5.94. The van der Waals surface area contributed by atoms with E-state index in [1.807, 2.05) is 0 Å². The first-order valence-electron chi connectivity index (χ1n) is 8.96. The smallest absolute Gasteiger partial charge is 0.345 e. The number of carbonyl (C=O) groups excluding carboxylic acids is 2. The van der Waals surface area contributed by atoms with Gasteiger partial charge in [-0.3, -0.25) is 14.2 Å². The molecule has 1 amide bonds. The summed E-state index contributed by atoms with van der Waals surface area (Å²) < 4.78 is 24.5. The van der Waals surface area contributed by atoms with Crippen LogP contribution >= 0.6 is 11.8 Å². The molecule has 0 saturated heterocycles. The molecule has 0 spiro atoms. The second kappa shape index (κ2) is 9.88. The average Bonchev–Trinajstić information content (AvgIpc) is 3.25. The maximum atomic E-state index is 13.3. The monoisotopic (exact) mass is 431 g/mol. The maximum Gasteiger partial charge on any atom is 0.345 e. The van der Waals surface area contributed by atoms with Gasteiger partial charge in [0.2, 0.25) is 5.91 Å². The minimum absolute atomic E-state index is 0.0346. The molecule has 2 heterocycles. The number of esters is 1. The average molecular weight is 431 g/mol. The Kier molecular flexibility index (Phi) is 7.02. The Balaban J connectivity index is 1.84. The summed E-state index contributed by atoms with van der Waals surface area (Å²) in [4.78, 5) is 41.3. The van der Waals surface area contributed by atoms with Gasteiger partial charge in [-0.1, -0.05) is 11.8 Å². The standard InChI is InChI=1S/C20H18FN3O5S/c1-2-28-19(27)16-11-23-20(24(18(16)26)14-7-5-13(21)6-8-14)30-12-17(25)22-10-15-4-3-9-29-15/h3-9,11H,2,10,12H2,1H3,(H,22,25). The fourth-order valence-corrected chi connectivity index (χ4v) is 3.30. The number of furan rings is 1. The summed E-state index contributed by atoms with van der Waals surface area (Å²) in [6, 6.07) is 8.58. The molecule has 0 atom stereocenters. The third-order valence-electron chi connectivity index (χ3n) is 3.88. The third-order valence-corrected chi connectivity index (χ3v) is 4.83. The fourth-order valence-electron chi connectivity index (χ4n) is 2.49. The molecule has 3 rings (SSSR count). The van der Waals surface area contributed by atoms with Crippen molar-refractivity contribution in [2.75, 3.05) is 12.4 Å². The van der Waals surface area contributed by atoms with E-state index in [0.717, 1.165) is 22.5 Å². The van der Waals surface area contributed by atoms with Crippen LogP contribution in [0.1, 0.15) is 23.0 Å². The van der Waals surface area contributed by atoms with E-state index in [1.54, 1.807) is 19.1 Å². The molecular weight excluding hydrogens is 413 g/mol. The zero-order valence-corrected chi connectivity index (χ0v) is 16.8. The molecule has 3 aromatic rings. The first-order valence-corrected chi connectivity index (χ1v) is 9.95. The van der Waals surface area contributed by atoms with E-state index >= 15 is 0 Å². The number of hydrogen-bond acceptors (Lipinski definition) is 7. The van der Waals surface area contributed by atoms with Gasteiger partial charge >= 0.3 is 5.97 Å². The number of nitrogens with zero attached hydrogens (tertiary/aromatic N) is 2. The highest BCUT2D eigenvalue weighted by atomic mass is 32.2. The Morgan fingerprint density at radius 2 is 2.03 bits per heavy atom. The Morgan fingerprint density at radius 3 is 2.70 bits per heavy atom. The fraction of sp³-hybridized carbons (Fsp3) is 0.200. The van der Waals surface area contributed by atoms with Crippen LogP contribution in [-0.2, 0) is 16.1 Å². The van der Waals surface area contributed by atoms with Crippen molar-refractivity contribution in [1.29, 1.82) is 0 Å². The molecule has 30 heavy (non-hydrogen) atoms. The van der Waals surface area contributed by atoms with Crippen molar-refractivity contribution < 1.29 is 23.1 Å². The lowest BCUT2D eigenvalue weighted by molar-refractivity contribution is -0.118. The molecule has 10 heteroatoms. The van der Waals surface area contributed by atoms with E-state index in [1.165, 1.54) is 30.5 Å². The molecule has 8 nitrogen and oxygen atoms in total. The van der Waals surface area contributed by atoms with Crippen LogP contribution in [0.3, 0.4) is 0 Å². The van der Waals surface area contributed by atoms with Crippen molar-refractivity contribution in [2.45, 2.75) is 18.6 Å². The first kappa shape index (κ1) is 21.3. The van der Waals surface area contributed by atoms with Crippen LogP contribution in [0.15, 0.2) is 63.2 Å². The molecule has 0 aliphatic rings. The van der Waals surface area contributed by atoms with E-state index in [9.17, 15) is 18.8 Å². The minimum atomic E-state index is -0.807. The summed E-state index contributed by atoms with van der Waals surface area (Å²) >= 11 is 1.00. The molecule has 0 aliphatic carbocycles. The maximum absolute atomic E-state index is 13.3. The Bertz CT molecular complexity index is 1080. The highest BCUT2D eigenvalue weighted by Crippen LogP contribution is 2.19. The lowest BCUT2D eigenvalue weighted by Gasteiger charge is -2.13. The van der Waals surface area contributed by atoms with Gasteiger partial charge in [0.15, 0.2) is 5.16 Å². The van der Waals surface area contributed by atoms with Gasteiger partial charge in [0.05, 0.1) is 37.1 Å². The Hall–Kier alpha value is -3.40. The lowest BCUT2D eigenvalue weighted by Crippen LogP contribution is -2.29. The van der Waals surface area contributed by atoms with Crippen molar-refractivity contribution >= 4 is 23.6 Å². The minimum Gasteiger partial charge on any atom is -0.467 e. The normalized spacial score (nSPS) is 10.6. The molecule has 0 bridgehead atoms. The third kappa shape index (κ3) is 5.15. The lowest BCUT2D eigenvalue weighted by atomic mass is 10.3. The molecular formula is C20H18FN3O5S. The van der Waals surface area contributed by atoms with Gasteiger partial charge in [0.25, 0.3) is 5.56 Å². The van der Waals surface area contributed by atoms with Crippen LogP contribution in [0.25, 0.3) is 5.69 Å². The molecule has 0 aliphatic heterocycles. The van der Waals surface area contributed by atoms with Crippen molar-refractivity contribution in [3.05, 3.63) is 76.4 Å². The second-order valence-corrected chi connectivity index (χ2v) is 6.88. The van der Waals surface area contributed by atoms with Gasteiger partial charge in [0, 0.05) is 0 Å². The molecule has 0 fully saturated rings. The van der Waals surface area contributed by atoms with Crippen molar-refractivity contribution in [3.8, 4) is 5.69 Å². The molecule has 2 aromatic heterocycles. The Morgan fingerprint density at radius 1 is 1.27 bits per heavy atom. The van der Waals surface area contributed by atoms with E-state index in [-0.39, 0.29) is 35.5 Å². The zero-order chi connectivity index (χ0) is 21.5. The summed E-state index contributed by atoms with van der Waals surface area (Å²) in [5.74, 6) is -1.02. The molecule has 1 aromatic carbocycles. The number of rotatable bonds is 8. The molecule has 156 valence electrons. The summed E-state index contributed by atoms with van der Waals surface area (Å²) in [5, 5.41) is 2.86. The summed E-state index contributed by atoms with van der Waals surface area (Å²) in [5.41, 5.74) is -0.625. The van der Waals surface area contributed by atoms with E-state index in [0.29, 0.717) is 11.4 Å². The topological polar surface area (TPSA) is 103 Å². The van der Waals surface area contributed by atoms with Crippen LogP contribution in [0.5, 0.6) is 0 Å². The highest BCUT2D eigenvalue weighted by molar-refractivity contribution is 7.99. The van der Waals surface area contributed by atoms with Crippen molar-refractivity contribution in [2.24, 2.45) is 0 Å². The van der Waals surface area contributed by atoms with Crippen LogP contribution in [0.4, 0.5) is 4.39 Å².